The summed E-state index contributed by atoms with van der Waals surface area (Å²) in [6.45, 7) is 3.77. The van der Waals surface area contributed by atoms with Crippen LogP contribution in [0.4, 0.5) is 0 Å². The van der Waals surface area contributed by atoms with Gasteiger partial charge in [-0.05, 0) is 74.5 Å². The molecule has 3 fully saturated rings. The van der Waals surface area contributed by atoms with Crippen molar-refractivity contribution in [3.05, 3.63) is 105 Å². The monoisotopic (exact) mass is 758 g/mol. The van der Waals surface area contributed by atoms with Gasteiger partial charge in [0.2, 0.25) is 0 Å². The third kappa shape index (κ3) is 9.51. The SMILES string of the molecule is O=C1NC(=S)S/C1=C\c1ccc(-c2cccc(C(=O)NCCN3CCCC3)c2)o1.O=C1NC(=S)S/C1=C\c1ccc(-c2cccc(C(=O)O)c2)o1. The quantitative estimate of drug-likeness (QED) is 0.110. The molecule has 4 N–H and O–H groups in total. The number of rotatable bonds is 9. The second-order valence-corrected chi connectivity index (χ2v) is 14.8. The number of thioether (sulfide) groups is 2. The predicted molar refractivity (Wildman–Crippen MR) is 206 cm³/mol. The van der Waals surface area contributed by atoms with Crippen LogP contribution >= 0.6 is 48.0 Å². The van der Waals surface area contributed by atoms with Gasteiger partial charge in [-0.2, -0.15) is 0 Å². The fourth-order valence-corrected chi connectivity index (χ4v) is 7.38. The minimum absolute atomic E-state index is 0.0903. The van der Waals surface area contributed by atoms with Crippen LogP contribution in [0.3, 0.4) is 0 Å². The Hall–Kier alpha value is -4.80. The third-order valence-corrected chi connectivity index (χ3v) is 10.1. The van der Waals surface area contributed by atoms with Gasteiger partial charge in [0.05, 0.1) is 15.4 Å². The molecule has 7 rings (SSSR count). The molecular weight excluding hydrogens is 729 g/mol. The molecule has 2 aromatic carbocycles. The number of hydrogen-bond donors (Lipinski definition) is 4. The number of hydrogen-bond acceptors (Lipinski definition) is 11. The van der Waals surface area contributed by atoms with Gasteiger partial charge in [-0.1, -0.05) is 72.2 Å². The highest BCUT2D eigenvalue weighted by Crippen LogP contribution is 2.30. The molecule has 0 aliphatic carbocycles. The standard InChI is InChI=1S/C21H21N3O3S2.C15H9NO4S2/c25-19(22-8-11-24-9-1-2-10-24)15-5-3-4-14(12-15)17-7-6-16(27-17)13-18-20(26)23-21(28)29-18;17-13-12(22-15(21)16-13)7-10-4-5-11(20-10)8-2-1-3-9(6-8)14(18)19/h3-7,12-13H,1-2,8-11H2,(H,22,25)(H,23,26,28);1-7H,(H,18,19)(H,16,17,21)/b18-13-;12-7-. The van der Waals surface area contributed by atoms with Gasteiger partial charge in [-0.3, -0.25) is 14.4 Å². The summed E-state index contributed by atoms with van der Waals surface area (Å²) in [5.41, 5.74) is 2.24. The van der Waals surface area contributed by atoms with Gasteiger partial charge in [0.1, 0.15) is 31.7 Å². The largest absolute Gasteiger partial charge is 0.478 e. The Morgan fingerprint density at radius 3 is 1.78 bits per heavy atom. The van der Waals surface area contributed by atoms with Crippen LogP contribution in [-0.4, -0.2) is 68.5 Å². The second kappa shape index (κ2) is 16.5. The Balaban J connectivity index is 0.000000183. The molecule has 3 amide bonds. The number of thiocarbonyl (C=S) groups is 2. The Bertz CT molecular complexity index is 2090. The van der Waals surface area contributed by atoms with E-state index in [0.29, 0.717) is 59.2 Å². The molecule has 5 heterocycles. The van der Waals surface area contributed by atoms with Crippen LogP contribution in [0.2, 0.25) is 0 Å². The van der Waals surface area contributed by atoms with Crippen LogP contribution in [0.1, 0.15) is 45.1 Å². The zero-order valence-electron chi connectivity index (χ0n) is 26.8. The van der Waals surface area contributed by atoms with Crippen LogP contribution in [0.5, 0.6) is 0 Å². The lowest BCUT2D eigenvalue weighted by Crippen LogP contribution is -2.33. The van der Waals surface area contributed by atoms with E-state index in [0.717, 1.165) is 25.2 Å². The molecule has 51 heavy (non-hydrogen) atoms. The van der Waals surface area contributed by atoms with Gasteiger partial charge in [0, 0.05) is 41.9 Å². The molecule has 0 atom stereocenters. The number of carbonyl (C=O) groups is 4. The van der Waals surface area contributed by atoms with Crippen molar-refractivity contribution in [2.24, 2.45) is 0 Å². The van der Waals surface area contributed by atoms with Crippen molar-refractivity contribution in [1.82, 2.24) is 20.9 Å². The maximum Gasteiger partial charge on any atom is 0.335 e. The number of carbonyl (C=O) groups excluding carboxylic acids is 3. The first kappa shape index (κ1) is 36.0. The predicted octanol–water partition coefficient (Wildman–Crippen LogP) is 6.39. The number of amides is 3. The van der Waals surface area contributed by atoms with E-state index in [1.165, 1.54) is 48.5 Å². The van der Waals surface area contributed by atoms with Crippen molar-refractivity contribution in [3.63, 3.8) is 0 Å². The highest BCUT2D eigenvalue weighted by atomic mass is 32.2. The molecular formula is C36H30N4O7S4. The van der Waals surface area contributed by atoms with E-state index in [-0.39, 0.29) is 23.3 Å². The summed E-state index contributed by atoms with van der Waals surface area (Å²) in [7, 11) is 0. The fourth-order valence-electron chi connectivity index (χ4n) is 5.33. The molecule has 2 aromatic heterocycles. The van der Waals surface area contributed by atoms with Gasteiger partial charge in [0.25, 0.3) is 17.7 Å². The van der Waals surface area contributed by atoms with E-state index < -0.39 is 5.97 Å². The summed E-state index contributed by atoms with van der Waals surface area (Å²) >= 11 is 12.3. The van der Waals surface area contributed by atoms with Crippen LogP contribution in [0, 0.1) is 0 Å². The van der Waals surface area contributed by atoms with Crippen LogP contribution < -0.4 is 16.0 Å². The van der Waals surface area contributed by atoms with E-state index in [2.05, 4.69) is 20.9 Å². The van der Waals surface area contributed by atoms with Crippen molar-refractivity contribution < 1.29 is 33.1 Å². The average Bonchev–Trinajstić information content (AvgIpc) is 3.97. The van der Waals surface area contributed by atoms with Crippen LogP contribution in [0.25, 0.3) is 34.8 Å². The second-order valence-electron chi connectivity index (χ2n) is 11.4. The lowest BCUT2D eigenvalue weighted by Gasteiger charge is -2.14. The molecule has 3 saturated heterocycles. The summed E-state index contributed by atoms with van der Waals surface area (Å²) in [6, 6.07) is 20.8. The van der Waals surface area contributed by atoms with E-state index >= 15 is 0 Å². The average molecular weight is 759 g/mol. The van der Waals surface area contributed by atoms with E-state index in [9.17, 15) is 19.2 Å². The minimum Gasteiger partial charge on any atom is -0.478 e. The smallest absolute Gasteiger partial charge is 0.335 e. The first-order valence-corrected chi connectivity index (χ1v) is 18.2. The zero-order chi connectivity index (χ0) is 35.9. The molecule has 0 saturated carbocycles. The van der Waals surface area contributed by atoms with Crippen molar-refractivity contribution in [1.29, 1.82) is 0 Å². The summed E-state index contributed by atoms with van der Waals surface area (Å²) in [5.74, 6) is 0.665. The number of nitrogens with one attached hydrogen (secondary N) is 3. The van der Waals surface area contributed by atoms with E-state index in [4.69, 9.17) is 38.4 Å². The maximum atomic E-state index is 12.5. The van der Waals surface area contributed by atoms with Crippen LogP contribution in [0.15, 0.2) is 91.4 Å². The minimum atomic E-state index is -0.997. The molecule has 260 valence electrons. The molecule has 0 radical (unpaired) electrons. The molecule has 0 spiro atoms. The van der Waals surface area contributed by atoms with Crippen LogP contribution in [-0.2, 0) is 9.59 Å². The summed E-state index contributed by atoms with van der Waals surface area (Å²) < 4.78 is 12.3. The summed E-state index contributed by atoms with van der Waals surface area (Å²) in [6.07, 6.45) is 5.75. The van der Waals surface area contributed by atoms with Gasteiger partial charge in [-0.15, -0.1) is 0 Å². The molecule has 3 aliphatic rings. The number of benzene rings is 2. The number of carboxylic acid groups (broad SMARTS) is 1. The van der Waals surface area contributed by atoms with E-state index in [1.54, 1.807) is 48.6 Å². The van der Waals surface area contributed by atoms with E-state index in [1.807, 2.05) is 24.3 Å². The molecule has 0 bridgehead atoms. The van der Waals surface area contributed by atoms with Gasteiger partial charge < -0.3 is 34.8 Å². The topological polar surface area (TPSA) is 154 Å². The van der Waals surface area contributed by atoms with Crippen molar-refractivity contribution in [2.45, 2.75) is 12.8 Å². The highest BCUT2D eigenvalue weighted by molar-refractivity contribution is 8.27. The molecule has 4 aromatic rings. The third-order valence-electron chi connectivity index (χ3n) is 7.80. The molecule has 11 nitrogen and oxygen atoms in total. The number of carboxylic acids is 1. The van der Waals surface area contributed by atoms with Crippen molar-refractivity contribution in [3.8, 4) is 22.6 Å². The van der Waals surface area contributed by atoms with Gasteiger partial charge in [-0.25, -0.2) is 4.79 Å². The first-order valence-electron chi connectivity index (χ1n) is 15.8. The maximum absolute atomic E-state index is 12.5. The van der Waals surface area contributed by atoms with Gasteiger partial charge >= 0.3 is 5.97 Å². The number of nitrogens with zero attached hydrogens (tertiary/aromatic N) is 1. The Kier molecular flexibility index (Phi) is 11.6. The van der Waals surface area contributed by atoms with Crippen molar-refractivity contribution in [2.75, 3.05) is 26.2 Å². The summed E-state index contributed by atoms with van der Waals surface area (Å²) in [5, 5.41) is 17.1. The zero-order valence-corrected chi connectivity index (χ0v) is 30.1. The lowest BCUT2D eigenvalue weighted by molar-refractivity contribution is -0.116. The lowest BCUT2D eigenvalue weighted by atomic mass is 10.1. The Morgan fingerprint density at radius 2 is 1.29 bits per heavy atom. The first-order chi connectivity index (χ1) is 24.6. The number of furan rings is 2. The number of likely N-dealkylation sites (tertiary alicyclic amines) is 1. The van der Waals surface area contributed by atoms with Crippen molar-refractivity contribution >= 4 is 92.4 Å². The number of aromatic carboxylic acids is 1. The Labute approximate surface area is 311 Å². The normalized spacial score (nSPS) is 17.4. The molecule has 15 heteroatoms. The molecule has 3 aliphatic heterocycles. The van der Waals surface area contributed by atoms with Gasteiger partial charge in [0.15, 0.2) is 0 Å². The fraction of sp³-hybridized carbons (Fsp3) is 0.167. The highest BCUT2D eigenvalue weighted by Gasteiger charge is 2.24. The summed E-state index contributed by atoms with van der Waals surface area (Å²) in [4.78, 5) is 50.2. The Morgan fingerprint density at radius 1 is 0.784 bits per heavy atom. The molecule has 0 unspecified atom stereocenters.